The largest absolute Gasteiger partial charge is 0.478 e. The van der Waals surface area contributed by atoms with E-state index in [2.05, 4.69) is 5.32 Å². The Kier molecular flexibility index (Phi) is 3.62. The maximum Gasteiger partial charge on any atom is 0.336 e. The minimum Gasteiger partial charge on any atom is -0.478 e. The summed E-state index contributed by atoms with van der Waals surface area (Å²) in [5.41, 5.74) is 0.901. The van der Waals surface area contributed by atoms with Crippen LogP contribution in [-0.2, 0) is 4.79 Å². The lowest BCUT2D eigenvalue weighted by Gasteiger charge is -2.08. The van der Waals surface area contributed by atoms with Crippen LogP contribution in [0.25, 0.3) is 6.08 Å². The topological polar surface area (TPSA) is 69.6 Å². The summed E-state index contributed by atoms with van der Waals surface area (Å²) < 4.78 is 0. The third kappa shape index (κ3) is 2.48. The van der Waals surface area contributed by atoms with Gasteiger partial charge in [0.05, 0.1) is 5.56 Å². The van der Waals surface area contributed by atoms with E-state index in [4.69, 9.17) is 17.3 Å². The number of carbonyl (C=O) groups is 2. The van der Waals surface area contributed by atoms with Crippen LogP contribution in [0.2, 0.25) is 0 Å². The number of amides is 1. The molecule has 0 atom stereocenters. The Balaban J connectivity index is 2.41. The predicted molar refractivity (Wildman–Crippen MR) is 74.5 cm³/mol. The number of nitrogens with zero attached hydrogens (tertiary/aromatic N) is 1. The van der Waals surface area contributed by atoms with Gasteiger partial charge in [0.15, 0.2) is 5.11 Å². The quantitative estimate of drug-likeness (QED) is 0.646. The van der Waals surface area contributed by atoms with Crippen molar-refractivity contribution in [2.45, 2.75) is 6.92 Å². The van der Waals surface area contributed by atoms with Crippen LogP contribution in [-0.4, -0.2) is 33.5 Å². The molecule has 0 bridgehead atoms. The number of thiocarbonyl (C=S) groups is 1. The van der Waals surface area contributed by atoms with Gasteiger partial charge in [-0.3, -0.25) is 9.69 Å². The molecule has 0 saturated carbocycles. The SMILES string of the molecule is CCN1C(=O)/C(=C\c2ccccc2C(=O)O)NC1=S. The second-order valence-corrected chi connectivity index (χ2v) is 4.32. The van der Waals surface area contributed by atoms with Crippen LogP contribution < -0.4 is 5.32 Å². The van der Waals surface area contributed by atoms with E-state index in [1.165, 1.54) is 17.0 Å². The Labute approximate surface area is 115 Å². The summed E-state index contributed by atoms with van der Waals surface area (Å²) in [6, 6.07) is 6.49. The summed E-state index contributed by atoms with van der Waals surface area (Å²) >= 11 is 5.03. The molecule has 2 rings (SSSR count). The lowest BCUT2D eigenvalue weighted by atomic mass is 10.1. The first-order chi connectivity index (χ1) is 9.04. The van der Waals surface area contributed by atoms with E-state index in [1.807, 2.05) is 6.92 Å². The minimum absolute atomic E-state index is 0.144. The van der Waals surface area contributed by atoms with Gasteiger partial charge in [0, 0.05) is 6.54 Å². The van der Waals surface area contributed by atoms with Crippen LogP contribution >= 0.6 is 12.2 Å². The van der Waals surface area contributed by atoms with Crippen molar-refractivity contribution in [3.63, 3.8) is 0 Å². The number of benzene rings is 1. The zero-order valence-corrected chi connectivity index (χ0v) is 11.0. The Morgan fingerprint density at radius 1 is 1.47 bits per heavy atom. The van der Waals surface area contributed by atoms with E-state index in [9.17, 15) is 9.59 Å². The summed E-state index contributed by atoms with van der Waals surface area (Å²) in [7, 11) is 0. The molecule has 2 N–H and O–H groups in total. The Bertz CT molecular complexity index is 595. The molecule has 6 heteroatoms. The van der Waals surface area contributed by atoms with Crippen molar-refractivity contribution in [1.82, 2.24) is 10.2 Å². The number of hydrogen-bond donors (Lipinski definition) is 2. The van der Waals surface area contributed by atoms with E-state index >= 15 is 0 Å². The smallest absolute Gasteiger partial charge is 0.336 e. The van der Waals surface area contributed by atoms with Crippen molar-refractivity contribution in [3.8, 4) is 0 Å². The normalized spacial score (nSPS) is 16.9. The molecule has 98 valence electrons. The van der Waals surface area contributed by atoms with Crippen LogP contribution in [0.5, 0.6) is 0 Å². The zero-order chi connectivity index (χ0) is 14.0. The van der Waals surface area contributed by atoms with Crippen molar-refractivity contribution in [2.24, 2.45) is 0 Å². The molecule has 0 radical (unpaired) electrons. The molecule has 1 fully saturated rings. The highest BCUT2D eigenvalue weighted by molar-refractivity contribution is 7.80. The van der Waals surface area contributed by atoms with Gasteiger partial charge in [-0.1, -0.05) is 18.2 Å². The van der Waals surface area contributed by atoms with E-state index < -0.39 is 5.97 Å². The van der Waals surface area contributed by atoms with Gasteiger partial charge in [0.2, 0.25) is 0 Å². The Morgan fingerprint density at radius 3 is 2.74 bits per heavy atom. The minimum atomic E-state index is -1.03. The maximum atomic E-state index is 12.0. The van der Waals surface area contributed by atoms with Crippen LogP contribution in [0.4, 0.5) is 0 Å². The summed E-state index contributed by atoms with van der Waals surface area (Å²) in [6.07, 6.45) is 1.51. The molecule has 1 aromatic carbocycles. The molecule has 0 aliphatic carbocycles. The molecule has 5 nitrogen and oxygen atoms in total. The Hall–Kier alpha value is -2.21. The fourth-order valence-electron chi connectivity index (χ4n) is 1.83. The molecule has 1 aliphatic heterocycles. The highest BCUT2D eigenvalue weighted by Crippen LogP contribution is 2.17. The monoisotopic (exact) mass is 276 g/mol. The van der Waals surface area contributed by atoms with Gasteiger partial charge in [-0.15, -0.1) is 0 Å². The van der Waals surface area contributed by atoms with Crippen LogP contribution in [0.3, 0.4) is 0 Å². The number of hydrogen-bond acceptors (Lipinski definition) is 3. The molecule has 1 heterocycles. The average molecular weight is 276 g/mol. The van der Waals surface area contributed by atoms with Gasteiger partial charge >= 0.3 is 5.97 Å². The molecule has 0 unspecified atom stereocenters. The molecular weight excluding hydrogens is 264 g/mol. The standard InChI is InChI=1S/C13H12N2O3S/c1-2-15-11(16)10(14-13(15)19)7-8-5-3-4-6-9(8)12(17)18/h3-7H,2H2,1H3,(H,14,19)(H,17,18)/b10-7+. The van der Waals surface area contributed by atoms with Crippen LogP contribution in [0.15, 0.2) is 30.0 Å². The highest BCUT2D eigenvalue weighted by atomic mass is 32.1. The van der Waals surface area contributed by atoms with Crippen molar-refractivity contribution < 1.29 is 14.7 Å². The number of carboxylic acids is 1. The number of carboxylic acid groups (broad SMARTS) is 1. The van der Waals surface area contributed by atoms with Gasteiger partial charge in [-0.25, -0.2) is 4.79 Å². The molecular formula is C13H12N2O3S. The van der Waals surface area contributed by atoms with Crippen molar-refractivity contribution in [1.29, 1.82) is 0 Å². The van der Waals surface area contributed by atoms with Gasteiger partial charge in [-0.05, 0) is 36.8 Å². The van der Waals surface area contributed by atoms with Crippen molar-refractivity contribution in [2.75, 3.05) is 6.54 Å². The van der Waals surface area contributed by atoms with E-state index in [1.54, 1.807) is 18.2 Å². The number of nitrogens with one attached hydrogen (secondary N) is 1. The van der Waals surface area contributed by atoms with E-state index in [-0.39, 0.29) is 11.5 Å². The maximum absolute atomic E-state index is 12.0. The molecule has 19 heavy (non-hydrogen) atoms. The van der Waals surface area contributed by atoms with Gasteiger partial charge in [0.25, 0.3) is 5.91 Å². The molecule has 0 aromatic heterocycles. The summed E-state index contributed by atoms with van der Waals surface area (Å²) in [4.78, 5) is 24.5. The highest BCUT2D eigenvalue weighted by Gasteiger charge is 2.29. The second-order valence-electron chi connectivity index (χ2n) is 3.93. The first-order valence-corrected chi connectivity index (χ1v) is 6.12. The second kappa shape index (κ2) is 5.19. The first kappa shape index (κ1) is 13.2. The third-order valence-electron chi connectivity index (χ3n) is 2.77. The zero-order valence-electron chi connectivity index (χ0n) is 10.2. The number of aromatic carboxylic acids is 1. The van der Waals surface area contributed by atoms with Crippen molar-refractivity contribution in [3.05, 3.63) is 41.1 Å². The molecule has 0 spiro atoms. The number of carbonyl (C=O) groups excluding carboxylic acids is 1. The fourth-order valence-corrected chi connectivity index (χ4v) is 2.15. The van der Waals surface area contributed by atoms with Crippen molar-refractivity contribution >= 4 is 35.3 Å². The lowest BCUT2D eigenvalue weighted by molar-refractivity contribution is -0.122. The van der Waals surface area contributed by atoms with Gasteiger partial charge in [0.1, 0.15) is 5.70 Å². The molecule has 1 saturated heterocycles. The molecule has 1 aliphatic rings. The summed E-state index contributed by atoms with van der Waals surface area (Å²) in [5, 5.41) is 12.2. The van der Waals surface area contributed by atoms with E-state index in [0.29, 0.717) is 22.9 Å². The lowest BCUT2D eigenvalue weighted by Crippen LogP contribution is -2.30. The third-order valence-corrected chi connectivity index (χ3v) is 3.09. The van der Waals surface area contributed by atoms with Gasteiger partial charge in [-0.2, -0.15) is 0 Å². The van der Waals surface area contributed by atoms with Crippen LogP contribution in [0.1, 0.15) is 22.8 Å². The van der Waals surface area contributed by atoms with E-state index in [0.717, 1.165) is 0 Å². The number of likely N-dealkylation sites (N-methyl/N-ethyl adjacent to an activating group) is 1. The molecule has 1 aromatic rings. The number of rotatable bonds is 3. The Morgan fingerprint density at radius 2 is 2.16 bits per heavy atom. The fraction of sp³-hybridized carbons (Fsp3) is 0.154. The first-order valence-electron chi connectivity index (χ1n) is 5.71. The summed E-state index contributed by atoms with van der Waals surface area (Å²) in [5.74, 6) is -1.28. The van der Waals surface area contributed by atoms with Gasteiger partial charge < -0.3 is 10.4 Å². The summed E-state index contributed by atoms with van der Waals surface area (Å²) in [6.45, 7) is 2.29. The molecule has 1 amide bonds. The average Bonchev–Trinajstić information content (AvgIpc) is 2.64. The van der Waals surface area contributed by atoms with Crippen LogP contribution in [0, 0.1) is 0 Å². The predicted octanol–water partition coefficient (Wildman–Crippen LogP) is 1.46.